The fourth-order valence-corrected chi connectivity index (χ4v) is 3.06. The predicted octanol–water partition coefficient (Wildman–Crippen LogP) is 1.33. The first-order valence-electron chi connectivity index (χ1n) is 11.4. The zero-order chi connectivity index (χ0) is 23.0. The molecule has 1 fully saturated rings. The van der Waals surface area contributed by atoms with Crippen LogP contribution in [0.3, 0.4) is 0 Å². The van der Waals surface area contributed by atoms with Crippen molar-refractivity contribution in [3.8, 4) is 5.75 Å². The lowest BCUT2D eigenvalue weighted by Crippen LogP contribution is -2.47. The van der Waals surface area contributed by atoms with Crippen molar-refractivity contribution in [3.63, 3.8) is 0 Å². The van der Waals surface area contributed by atoms with E-state index in [1.807, 2.05) is 24.3 Å². The molecule has 0 aliphatic carbocycles. The molecule has 0 spiro atoms. The Morgan fingerprint density at radius 3 is 2.66 bits per heavy atom. The van der Waals surface area contributed by atoms with Gasteiger partial charge in [-0.1, -0.05) is 25.5 Å². The summed E-state index contributed by atoms with van der Waals surface area (Å²) < 4.78 is 16.0. The van der Waals surface area contributed by atoms with E-state index in [1.165, 1.54) is 0 Å². The smallest absolute Gasteiger partial charge is 0.317 e. The Bertz CT molecular complexity index is 664. The van der Waals surface area contributed by atoms with E-state index in [4.69, 9.17) is 14.2 Å². The molecule has 1 aromatic carbocycles. The Morgan fingerprint density at radius 1 is 1.19 bits per heavy atom. The molecule has 0 unspecified atom stereocenters. The number of aryl methyl sites for hydroxylation is 1. The Balaban J connectivity index is 1.52. The van der Waals surface area contributed by atoms with Gasteiger partial charge in [0.05, 0.1) is 19.8 Å². The van der Waals surface area contributed by atoms with E-state index in [0.29, 0.717) is 71.1 Å². The second-order valence-corrected chi connectivity index (χ2v) is 7.72. The van der Waals surface area contributed by atoms with Gasteiger partial charge in [0.2, 0.25) is 0 Å². The number of amides is 2. The predicted molar refractivity (Wildman–Crippen MR) is 121 cm³/mol. The SMILES string of the molecule is CCCCOC(=O)CCc1ccc(OC[C@@H](O)CNCCNC(=O)N2CCOCC2)cc1. The quantitative estimate of drug-likeness (QED) is 0.289. The fourth-order valence-electron chi connectivity index (χ4n) is 3.06. The summed E-state index contributed by atoms with van der Waals surface area (Å²) in [6.07, 6.45) is 2.22. The molecular weight excluding hydrogens is 414 g/mol. The van der Waals surface area contributed by atoms with Crippen molar-refractivity contribution in [2.24, 2.45) is 0 Å². The van der Waals surface area contributed by atoms with Gasteiger partial charge in [-0.2, -0.15) is 0 Å². The molecule has 2 rings (SSSR count). The highest BCUT2D eigenvalue weighted by Crippen LogP contribution is 2.14. The summed E-state index contributed by atoms with van der Waals surface area (Å²) in [6.45, 7) is 6.50. The number of hydrogen-bond donors (Lipinski definition) is 3. The van der Waals surface area contributed by atoms with Crippen molar-refractivity contribution in [1.82, 2.24) is 15.5 Å². The van der Waals surface area contributed by atoms with Crippen LogP contribution in [-0.4, -0.2) is 87.3 Å². The normalized spacial score (nSPS) is 14.6. The first-order valence-corrected chi connectivity index (χ1v) is 11.4. The van der Waals surface area contributed by atoms with Gasteiger partial charge in [0, 0.05) is 39.1 Å². The van der Waals surface area contributed by atoms with Crippen molar-refractivity contribution in [3.05, 3.63) is 29.8 Å². The number of morpholine rings is 1. The molecule has 9 nitrogen and oxygen atoms in total. The van der Waals surface area contributed by atoms with Crippen molar-refractivity contribution in [1.29, 1.82) is 0 Å². The first-order chi connectivity index (χ1) is 15.6. The van der Waals surface area contributed by atoms with Gasteiger partial charge < -0.3 is 34.9 Å². The highest BCUT2D eigenvalue weighted by Gasteiger charge is 2.15. The van der Waals surface area contributed by atoms with Crippen LogP contribution in [0, 0.1) is 0 Å². The average Bonchev–Trinajstić information content (AvgIpc) is 2.82. The molecule has 0 bridgehead atoms. The molecule has 1 saturated heterocycles. The molecule has 1 atom stereocenters. The maximum atomic E-state index is 11.9. The number of nitrogens with zero attached hydrogens (tertiary/aromatic N) is 1. The highest BCUT2D eigenvalue weighted by molar-refractivity contribution is 5.74. The summed E-state index contributed by atoms with van der Waals surface area (Å²) in [5.74, 6) is 0.492. The third-order valence-electron chi connectivity index (χ3n) is 5.00. The number of aliphatic hydroxyl groups is 1. The summed E-state index contributed by atoms with van der Waals surface area (Å²) in [7, 11) is 0. The molecular formula is C23H37N3O6. The number of ether oxygens (including phenoxy) is 3. The Labute approximate surface area is 190 Å². The molecule has 1 aliphatic heterocycles. The lowest BCUT2D eigenvalue weighted by atomic mass is 10.1. The van der Waals surface area contributed by atoms with E-state index in [9.17, 15) is 14.7 Å². The van der Waals surface area contributed by atoms with Crippen molar-refractivity contribution < 1.29 is 28.9 Å². The van der Waals surface area contributed by atoms with Crippen molar-refractivity contribution >= 4 is 12.0 Å². The second kappa shape index (κ2) is 15.4. The number of carbonyl (C=O) groups excluding carboxylic acids is 2. The number of aliphatic hydroxyl groups excluding tert-OH is 1. The molecule has 1 heterocycles. The van der Waals surface area contributed by atoms with Gasteiger partial charge in [-0.25, -0.2) is 4.79 Å². The van der Waals surface area contributed by atoms with Crippen LogP contribution in [0.25, 0.3) is 0 Å². The van der Waals surface area contributed by atoms with Gasteiger partial charge in [0.25, 0.3) is 0 Å². The number of benzene rings is 1. The molecule has 0 aromatic heterocycles. The van der Waals surface area contributed by atoms with Gasteiger partial charge in [-0.05, 0) is 30.5 Å². The van der Waals surface area contributed by atoms with Gasteiger partial charge in [0.1, 0.15) is 18.5 Å². The molecule has 32 heavy (non-hydrogen) atoms. The van der Waals surface area contributed by atoms with Gasteiger partial charge >= 0.3 is 12.0 Å². The maximum Gasteiger partial charge on any atom is 0.317 e. The van der Waals surface area contributed by atoms with Crippen LogP contribution in [0.5, 0.6) is 5.75 Å². The summed E-state index contributed by atoms with van der Waals surface area (Å²) >= 11 is 0. The van der Waals surface area contributed by atoms with Crippen LogP contribution in [0.1, 0.15) is 31.7 Å². The van der Waals surface area contributed by atoms with Crippen LogP contribution in [0.15, 0.2) is 24.3 Å². The monoisotopic (exact) mass is 451 g/mol. The van der Waals surface area contributed by atoms with E-state index in [-0.39, 0.29) is 18.6 Å². The summed E-state index contributed by atoms with van der Waals surface area (Å²) in [5.41, 5.74) is 1.03. The molecule has 1 aromatic rings. The minimum Gasteiger partial charge on any atom is -0.491 e. The van der Waals surface area contributed by atoms with E-state index in [2.05, 4.69) is 17.6 Å². The van der Waals surface area contributed by atoms with E-state index >= 15 is 0 Å². The van der Waals surface area contributed by atoms with E-state index < -0.39 is 6.10 Å². The zero-order valence-corrected chi connectivity index (χ0v) is 19.0. The molecule has 3 N–H and O–H groups in total. The fraction of sp³-hybridized carbons (Fsp3) is 0.652. The zero-order valence-electron chi connectivity index (χ0n) is 19.0. The standard InChI is InChI=1S/C23H37N3O6/c1-2-3-14-31-22(28)9-6-19-4-7-21(8-5-19)32-18-20(27)17-24-10-11-25-23(29)26-12-15-30-16-13-26/h4-5,7-8,20,24,27H,2-3,6,9-18H2,1H3,(H,25,29)/t20-/m0/s1. The number of carbonyl (C=O) groups is 2. The van der Waals surface area contributed by atoms with Gasteiger partial charge in [-0.3, -0.25) is 4.79 Å². The van der Waals surface area contributed by atoms with Gasteiger partial charge in [0.15, 0.2) is 0 Å². The Hall–Kier alpha value is -2.36. The number of esters is 1. The lowest BCUT2D eigenvalue weighted by molar-refractivity contribution is -0.143. The lowest BCUT2D eigenvalue weighted by Gasteiger charge is -2.27. The molecule has 0 radical (unpaired) electrons. The van der Waals surface area contributed by atoms with Gasteiger partial charge in [-0.15, -0.1) is 0 Å². The molecule has 2 amide bonds. The molecule has 0 saturated carbocycles. The highest BCUT2D eigenvalue weighted by atomic mass is 16.5. The minimum atomic E-state index is -0.664. The van der Waals surface area contributed by atoms with E-state index in [0.717, 1.165) is 18.4 Å². The Kier molecular flexibility index (Phi) is 12.5. The van der Waals surface area contributed by atoms with E-state index in [1.54, 1.807) is 4.90 Å². The summed E-state index contributed by atoms with van der Waals surface area (Å²) in [6, 6.07) is 7.40. The largest absolute Gasteiger partial charge is 0.491 e. The van der Waals surface area contributed by atoms with Crippen molar-refractivity contribution in [2.45, 2.75) is 38.7 Å². The number of hydrogen-bond acceptors (Lipinski definition) is 7. The third kappa shape index (κ3) is 10.8. The van der Waals surface area contributed by atoms with Crippen LogP contribution in [0.2, 0.25) is 0 Å². The van der Waals surface area contributed by atoms with Crippen LogP contribution < -0.4 is 15.4 Å². The van der Waals surface area contributed by atoms with Crippen LogP contribution in [0.4, 0.5) is 4.79 Å². The first kappa shape index (κ1) is 25.9. The molecule has 180 valence electrons. The molecule has 1 aliphatic rings. The number of nitrogens with one attached hydrogen (secondary N) is 2. The number of unbranched alkanes of at least 4 members (excludes halogenated alkanes) is 1. The minimum absolute atomic E-state index is 0.0872. The molecule has 9 heteroatoms. The third-order valence-corrected chi connectivity index (χ3v) is 5.00. The average molecular weight is 452 g/mol. The topological polar surface area (TPSA) is 109 Å². The maximum absolute atomic E-state index is 11.9. The number of rotatable bonds is 14. The second-order valence-electron chi connectivity index (χ2n) is 7.72. The number of urea groups is 1. The summed E-state index contributed by atoms with van der Waals surface area (Å²) in [4.78, 5) is 25.3. The van der Waals surface area contributed by atoms with Crippen LogP contribution in [-0.2, 0) is 20.7 Å². The van der Waals surface area contributed by atoms with Crippen LogP contribution >= 0.6 is 0 Å². The Morgan fingerprint density at radius 2 is 1.94 bits per heavy atom. The van der Waals surface area contributed by atoms with Crippen molar-refractivity contribution in [2.75, 3.05) is 59.2 Å². The summed E-state index contributed by atoms with van der Waals surface area (Å²) in [5, 5.41) is 16.0.